The van der Waals surface area contributed by atoms with Crippen molar-refractivity contribution in [2.45, 2.75) is 96.3 Å². The molecule has 3 aliphatic rings. The Hall–Kier alpha value is -5.41. The lowest BCUT2D eigenvalue weighted by Gasteiger charge is -2.27. The predicted octanol–water partition coefficient (Wildman–Crippen LogP) is 12.1. The maximum atomic E-state index is 11.4. The van der Waals surface area contributed by atoms with Crippen LogP contribution >= 0.6 is 0 Å². The molecule has 312 valence electrons. The average Bonchev–Trinajstić information content (AvgIpc) is 3.59. The zero-order chi connectivity index (χ0) is 42.3. The molecule has 0 spiro atoms. The van der Waals surface area contributed by atoms with Crippen LogP contribution in [0.5, 0.6) is 5.75 Å². The second kappa shape index (κ2) is 18.5. The summed E-state index contributed by atoms with van der Waals surface area (Å²) < 4.78 is 43.6. The summed E-state index contributed by atoms with van der Waals surface area (Å²) in [5.74, 6) is 1.32. The first kappa shape index (κ1) is 42.7. The first-order valence-corrected chi connectivity index (χ1v) is 23.0. The minimum atomic E-state index is -4.26. The highest BCUT2D eigenvalue weighted by atomic mass is 32.2. The van der Waals surface area contributed by atoms with E-state index in [0.717, 1.165) is 85.5 Å². The van der Waals surface area contributed by atoms with Crippen LogP contribution in [0.2, 0.25) is 0 Å². The molecule has 0 N–H and O–H groups in total. The van der Waals surface area contributed by atoms with Gasteiger partial charge in [-0.05, 0) is 128 Å². The first-order valence-electron chi connectivity index (χ1n) is 21.4. The van der Waals surface area contributed by atoms with Gasteiger partial charge in [-0.25, -0.2) is 8.42 Å². The molecule has 0 unspecified atom stereocenters. The van der Waals surface area contributed by atoms with E-state index in [0.29, 0.717) is 25.9 Å². The Morgan fingerprint density at radius 2 is 1.58 bits per heavy atom. The summed E-state index contributed by atoms with van der Waals surface area (Å²) in [6.07, 6.45) is 16.7. The fourth-order valence-corrected chi connectivity index (χ4v) is 9.93. The van der Waals surface area contributed by atoms with E-state index in [1.54, 1.807) is 0 Å². The summed E-state index contributed by atoms with van der Waals surface area (Å²) in [6.45, 7) is 11.2. The lowest BCUT2D eigenvalue weighted by Crippen LogP contribution is -2.28. The monoisotopic (exact) mass is 823 g/mol. The molecule has 0 saturated heterocycles. The number of azide groups is 1. The van der Waals surface area contributed by atoms with Crippen molar-refractivity contribution in [3.05, 3.63) is 159 Å². The van der Waals surface area contributed by atoms with Gasteiger partial charge in [-0.3, -0.25) is 0 Å². The molecule has 0 atom stereocenters. The van der Waals surface area contributed by atoms with Gasteiger partial charge in [0.1, 0.15) is 18.1 Å². The number of rotatable bonds is 17. The zero-order valence-corrected chi connectivity index (χ0v) is 36.3. The van der Waals surface area contributed by atoms with E-state index in [2.05, 4.69) is 126 Å². The highest BCUT2D eigenvalue weighted by Gasteiger charge is 2.45. The highest BCUT2D eigenvalue weighted by Crippen LogP contribution is 2.48. The molecule has 10 heteroatoms. The normalized spacial score (nSPS) is 18.4. The number of unbranched alkanes of at least 4 members (excludes halogenated alkanes) is 4. The summed E-state index contributed by atoms with van der Waals surface area (Å²) in [5.41, 5.74) is 17.8. The second-order valence-corrected chi connectivity index (χ2v) is 18.7. The quantitative estimate of drug-likeness (QED) is 0.0262. The number of fused-ring (bicyclic) bond motifs is 4. The van der Waals surface area contributed by atoms with Crippen LogP contribution in [-0.2, 0) is 20.9 Å². The Bertz CT molecular complexity index is 2540. The Labute approximate surface area is 355 Å². The summed E-state index contributed by atoms with van der Waals surface area (Å²) in [5, 5.41) is 6.25. The molecule has 0 radical (unpaired) electrons. The van der Waals surface area contributed by atoms with E-state index in [1.807, 2.05) is 36.4 Å². The summed E-state index contributed by atoms with van der Waals surface area (Å²) in [6, 6.07) is 31.6. The molecule has 0 aromatic heterocycles. The van der Waals surface area contributed by atoms with E-state index in [-0.39, 0.29) is 16.6 Å². The van der Waals surface area contributed by atoms with Crippen LogP contribution in [0.3, 0.4) is 0 Å². The third-order valence-corrected chi connectivity index (χ3v) is 13.1. The minimum absolute atomic E-state index is 0.253. The molecule has 0 saturated carbocycles. The molecule has 60 heavy (non-hydrogen) atoms. The number of ether oxygens (including phenoxy) is 1. The third-order valence-electron chi connectivity index (χ3n) is 12.4. The average molecular weight is 824 g/mol. The van der Waals surface area contributed by atoms with E-state index in [4.69, 9.17) is 10.3 Å². The van der Waals surface area contributed by atoms with Gasteiger partial charge in [0.25, 0.3) is 0 Å². The highest BCUT2D eigenvalue weighted by molar-refractivity contribution is 7.85. The van der Waals surface area contributed by atoms with Gasteiger partial charge >= 0.3 is 0 Å². The number of benzene rings is 4. The van der Waals surface area contributed by atoms with Crippen molar-refractivity contribution in [2.24, 2.45) is 5.11 Å². The second-order valence-electron chi connectivity index (χ2n) is 17.2. The van der Waals surface area contributed by atoms with Gasteiger partial charge in [0.15, 0.2) is 5.71 Å². The van der Waals surface area contributed by atoms with Crippen LogP contribution in [0.25, 0.3) is 21.2 Å². The van der Waals surface area contributed by atoms with Gasteiger partial charge in [0.2, 0.25) is 5.69 Å². The topological polar surface area (TPSA) is 121 Å². The van der Waals surface area contributed by atoms with Crippen LogP contribution in [0.4, 0.5) is 11.4 Å². The van der Waals surface area contributed by atoms with Crippen LogP contribution < -0.4 is 9.64 Å². The molecule has 0 amide bonds. The molecule has 0 bridgehead atoms. The van der Waals surface area contributed by atoms with Crippen LogP contribution in [0, 0.1) is 0 Å². The molecule has 4 aromatic carbocycles. The van der Waals surface area contributed by atoms with Crippen molar-refractivity contribution >= 4 is 38.0 Å². The lowest BCUT2D eigenvalue weighted by molar-refractivity contribution is -0.438. The van der Waals surface area contributed by atoms with E-state index in [1.165, 1.54) is 33.3 Å². The van der Waals surface area contributed by atoms with Crippen LogP contribution in [0.1, 0.15) is 96.6 Å². The van der Waals surface area contributed by atoms with Gasteiger partial charge in [0, 0.05) is 64.7 Å². The summed E-state index contributed by atoms with van der Waals surface area (Å²) >= 11 is 0. The SMILES string of the molecule is CC1(C)C(=CC=C2CCCC(C=CC3=[N+](CCCCCCN=[N+]=[N-])c4ccc5ccccc5c4C3(C)C)=C2Oc2ccccc2)N(CCCCS(=O)(=O)[O-])c2ccccc21. The molecule has 0 fully saturated rings. The largest absolute Gasteiger partial charge is 0.748 e. The molecular formula is C50H57N5O4S. The fourth-order valence-electron chi connectivity index (χ4n) is 9.37. The maximum absolute atomic E-state index is 11.4. The zero-order valence-electron chi connectivity index (χ0n) is 35.4. The summed E-state index contributed by atoms with van der Waals surface area (Å²) in [7, 11) is -4.26. The Balaban J connectivity index is 1.27. The number of hydrogen-bond acceptors (Lipinski definition) is 6. The number of allylic oxidation sites excluding steroid dienone is 7. The van der Waals surface area contributed by atoms with Crippen LogP contribution in [-0.4, -0.2) is 48.6 Å². The lowest BCUT2D eigenvalue weighted by atomic mass is 9.78. The van der Waals surface area contributed by atoms with Gasteiger partial charge in [-0.2, -0.15) is 4.58 Å². The molecule has 2 heterocycles. The van der Waals surface area contributed by atoms with Crippen molar-refractivity contribution in [2.75, 3.05) is 30.3 Å². The van der Waals surface area contributed by atoms with Crippen molar-refractivity contribution in [1.29, 1.82) is 0 Å². The van der Waals surface area contributed by atoms with Crippen molar-refractivity contribution in [3.8, 4) is 5.75 Å². The van der Waals surface area contributed by atoms with Gasteiger partial charge in [-0.15, -0.1) is 0 Å². The third kappa shape index (κ3) is 9.31. The molecule has 2 aliphatic heterocycles. The Morgan fingerprint density at radius 1 is 0.833 bits per heavy atom. The maximum Gasteiger partial charge on any atom is 0.210 e. The Kier molecular flexibility index (Phi) is 13.1. The van der Waals surface area contributed by atoms with E-state index < -0.39 is 10.1 Å². The number of nitrogens with zero attached hydrogens (tertiary/aromatic N) is 5. The van der Waals surface area contributed by atoms with Crippen molar-refractivity contribution < 1.29 is 22.3 Å². The minimum Gasteiger partial charge on any atom is -0.748 e. The molecule has 4 aromatic rings. The molecule has 1 aliphatic carbocycles. The molecule has 7 rings (SSSR count). The van der Waals surface area contributed by atoms with Crippen LogP contribution in [0.15, 0.2) is 143 Å². The molecular weight excluding hydrogens is 767 g/mol. The predicted molar refractivity (Wildman–Crippen MR) is 243 cm³/mol. The van der Waals surface area contributed by atoms with Crippen molar-refractivity contribution in [1.82, 2.24) is 0 Å². The first-order chi connectivity index (χ1) is 28.9. The number of anilines is 1. The van der Waals surface area contributed by atoms with Gasteiger partial charge in [-0.1, -0.05) is 92.1 Å². The standard InChI is InChI=1S/C50H57N5O4S/c1-49(2)42-25-12-13-26-43(42)54(35-16-17-36-60(56,57)58)45(49)31-28-38-20-18-21-39(48(38)59-40-22-8-7-9-23-40)29-32-46-50(3,4)47-41-24-11-10-19-37(41)27-30-44(47)55(46)34-15-6-5-14-33-52-53-51/h7-13,19,22-32H,5-6,14-18,20-21,33-36H2,1-4H3. The van der Waals surface area contributed by atoms with E-state index >= 15 is 0 Å². The van der Waals surface area contributed by atoms with Crippen molar-refractivity contribution in [3.63, 3.8) is 0 Å². The summed E-state index contributed by atoms with van der Waals surface area (Å²) in [4.78, 5) is 5.20. The fraction of sp³-hybridized carbons (Fsp3) is 0.380. The Morgan fingerprint density at radius 3 is 2.38 bits per heavy atom. The van der Waals surface area contributed by atoms with Gasteiger partial charge < -0.3 is 14.2 Å². The number of hydrogen-bond donors (Lipinski definition) is 0. The smallest absolute Gasteiger partial charge is 0.210 e. The molecule has 9 nitrogen and oxygen atoms in total. The number of para-hydroxylation sites is 2. The van der Waals surface area contributed by atoms with Gasteiger partial charge in [0.05, 0.1) is 15.5 Å². The van der Waals surface area contributed by atoms with E-state index in [9.17, 15) is 13.0 Å².